The summed E-state index contributed by atoms with van der Waals surface area (Å²) in [5, 5.41) is 2.75. The normalized spacial score (nSPS) is 28.9. The number of rotatable bonds is 4. The Labute approximate surface area is 181 Å². The summed E-state index contributed by atoms with van der Waals surface area (Å²) in [4.78, 5) is 27.8. The van der Waals surface area contributed by atoms with Crippen LogP contribution in [-0.2, 0) is 14.0 Å². The van der Waals surface area contributed by atoms with E-state index in [1.807, 2.05) is 33.9 Å². The van der Waals surface area contributed by atoms with E-state index in [1.54, 1.807) is 0 Å². The van der Waals surface area contributed by atoms with Gasteiger partial charge < -0.3 is 19.5 Å². The van der Waals surface area contributed by atoms with Gasteiger partial charge in [0.05, 0.1) is 24.2 Å². The van der Waals surface area contributed by atoms with Gasteiger partial charge in [-0.15, -0.1) is 0 Å². The minimum absolute atomic E-state index is 0.0221. The zero-order valence-electron chi connectivity index (χ0n) is 18.8. The Morgan fingerprint density at radius 2 is 1.81 bits per heavy atom. The first kappa shape index (κ1) is 24.4. The maximum Gasteiger partial charge on any atom is 0.471 e. The fourth-order valence-electron chi connectivity index (χ4n) is 4.06. The maximum atomic E-state index is 13.7. The largest absolute Gasteiger partial charge is 0.471 e. The maximum absolute atomic E-state index is 13.7. The van der Waals surface area contributed by atoms with Crippen molar-refractivity contribution in [3.63, 3.8) is 0 Å². The molecule has 3 fully saturated rings. The van der Waals surface area contributed by atoms with E-state index in [2.05, 4.69) is 5.32 Å². The van der Waals surface area contributed by atoms with Crippen molar-refractivity contribution in [2.75, 3.05) is 26.2 Å². The smallest absolute Gasteiger partial charge is 0.415 e. The predicted octanol–water partition coefficient (Wildman–Crippen LogP) is 2.84. The molecule has 0 aromatic carbocycles. The van der Waals surface area contributed by atoms with E-state index in [0.717, 1.165) is 4.90 Å². The third-order valence-corrected chi connectivity index (χ3v) is 11.8. The molecule has 1 aliphatic carbocycles. The molecule has 1 N–H and O–H groups in total. The number of nitrogens with zero attached hydrogens (tertiary/aromatic N) is 2. The lowest BCUT2D eigenvalue weighted by Gasteiger charge is -2.49. The summed E-state index contributed by atoms with van der Waals surface area (Å²) < 4.78 is 59.7. The number of alkyl halides is 4. The van der Waals surface area contributed by atoms with Gasteiger partial charge in [-0.25, -0.2) is 4.39 Å². The number of halogens is 4. The van der Waals surface area contributed by atoms with Gasteiger partial charge in [0, 0.05) is 26.1 Å². The molecule has 3 aliphatic rings. The van der Waals surface area contributed by atoms with Crippen LogP contribution in [0.1, 0.15) is 40.0 Å². The molecule has 3 rings (SSSR count). The van der Waals surface area contributed by atoms with Crippen molar-refractivity contribution in [1.82, 2.24) is 15.1 Å². The van der Waals surface area contributed by atoms with Crippen LogP contribution in [0.25, 0.3) is 0 Å². The summed E-state index contributed by atoms with van der Waals surface area (Å²) in [5.41, 5.74) is -0.983. The van der Waals surface area contributed by atoms with Gasteiger partial charge >= 0.3 is 12.1 Å². The van der Waals surface area contributed by atoms with Crippen molar-refractivity contribution in [3.8, 4) is 0 Å². The molecular formula is C20H33F4N3O3Si. The Bertz CT molecular complexity index is 721. The van der Waals surface area contributed by atoms with Crippen LogP contribution in [0.2, 0.25) is 18.1 Å². The van der Waals surface area contributed by atoms with Gasteiger partial charge in [0.2, 0.25) is 5.91 Å². The number of hydrogen-bond acceptors (Lipinski definition) is 4. The first-order valence-corrected chi connectivity index (χ1v) is 13.7. The van der Waals surface area contributed by atoms with Gasteiger partial charge in [-0.1, -0.05) is 20.8 Å². The predicted molar refractivity (Wildman–Crippen MR) is 110 cm³/mol. The summed E-state index contributed by atoms with van der Waals surface area (Å²) in [6.45, 7) is 10.1. The monoisotopic (exact) mass is 467 g/mol. The lowest BCUT2D eigenvalue weighted by atomic mass is 10.0. The molecule has 0 bridgehead atoms. The van der Waals surface area contributed by atoms with Gasteiger partial charge in [0.25, 0.3) is 0 Å². The Morgan fingerprint density at radius 1 is 1.19 bits per heavy atom. The summed E-state index contributed by atoms with van der Waals surface area (Å²) in [5.74, 6) is -2.19. The van der Waals surface area contributed by atoms with Gasteiger partial charge in [0.15, 0.2) is 8.32 Å². The molecule has 11 heteroatoms. The van der Waals surface area contributed by atoms with Crippen LogP contribution < -0.4 is 5.32 Å². The second-order valence-corrected chi connectivity index (χ2v) is 15.4. The molecule has 178 valence electrons. The molecule has 1 saturated carbocycles. The van der Waals surface area contributed by atoms with Gasteiger partial charge in [0.1, 0.15) is 6.17 Å². The number of carbonyl (C=O) groups excluding carboxylic acids is 2. The van der Waals surface area contributed by atoms with Crippen LogP contribution in [-0.4, -0.2) is 86.1 Å². The van der Waals surface area contributed by atoms with Crippen molar-refractivity contribution < 1.29 is 31.6 Å². The van der Waals surface area contributed by atoms with Gasteiger partial charge in [-0.05, 0) is 31.0 Å². The van der Waals surface area contributed by atoms with E-state index in [-0.39, 0.29) is 43.6 Å². The highest BCUT2D eigenvalue weighted by Crippen LogP contribution is 2.47. The van der Waals surface area contributed by atoms with Crippen LogP contribution >= 0.6 is 0 Å². The molecule has 0 radical (unpaired) electrons. The third kappa shape index (κ3) is 4.92. The molecule has 2 aliphatic heterocycles. The van der Waals surface area contributed by atoms with Crippen LogP contribution in [0.15, 0.2) is 0 Å². The molecule has 31 heavy (non-hydrogen) atoms. The highest BCUT2D eigenvalue weighted by Gasteiger charge is 2.60. The van der Waals surface area contributed by atoms with Crippen LogP contribution in [0, 0.1) is 0 Å². The van der Waals surface area contributed by atoms with E-state index in [1.165, 1.54) is 4.90 Å². The lowest BCUT2D eigenvalue weighted by Crippen LogP contribution is -2.67. The first-order valence-electron chi connectivity index (χ1n) is 10.8. The standard InChI is InChI=1S/C20H33F4N3O3Si/c1-18(2,3)31(4,5)30-11-14-10-27(17(29)20(22,23)24)19(6-7-19)12-26(14)16(28)15-8-13(21)9-25-15/h13-15,25H,6-12H2,1-5H3/t13-,14+,15+/m1/s1. The average molecular weight is 468 g/mol. The third-order valence-electron chi connectivity index (χ3n) is 7.29. The SMILES string of the molecule is CC(C)(C)[Si](C)(C)OC[C@@H]1CN(C(=O)C(F)(F)F)C2(CC2)CN1C(=O)[C@@H]1C[C@@H](F)CN1. The summed E-state index contributed by atoms with van der Waals surface area (Å²) in [6.07, 6.45) is -5.22. The Kier molecular flexibility index (Phi) is 6.29. The summed E-state index contributed by atoms with van der Waals surface area (Å²) in [6, 6.07) is -1.41. The van der Waals surface area contributed by atoms with Crippen LogP contribution in [0.4, 0.5) is 17.6 Å². The van der Waals surface area contributed by atoms with Crippen molar-refractivity contribution in [2.45, 2.75) is 88.1 Å². The molecule has 6 nitrogen and oxygen atoms in total. The fraction of sp³-hybridized carbons (Fsp3) is 0.900. The minimum atomic E-state index is -4.97. The fourth-order valence-corrected chi connectivity index (χ4v) is 5.10. The van der Waals surface area contributed by atoms with Crippen molar-refractivity contribution in [1.29, 1.82) is 0 Å². The molecule has 2 saturated heterocycles. The van der Waals surface area contributed by atoms with E-state index < -0.39 is 44.2 Å². The lowest BCUT2D eigenvalue weighted by molar-refractivity contribution is -0.194. The quantitative estimate of drug-likeness (QED) is 0.510. The van der Waals surface area contributed by atoms with Crippen molar-refractivity contribution in [3.05, 3.63) is 0 Å². The average Bonchev–Trinajstić information content (AvgIpc) is 3.27. The molecule has 0 unspecified atom stereocenters. The number of nitrogens with one attached hydrogen (secondary N) is 1. The second kappa shape index (κ2) is 7.98. The molecule has 0 aromatic rings. The molecule has 0 aromatic heterocycles. The van der Waals surface area contributed by atoms with Gasteiger partial charge in [-0.2, -0.15) is 13.2 Å². The zero-order valence-corrected chi connectivity index (χ0v) is 19.8. The summed E-state index contributed by atoms with van der Waals surface area (Å²) in [7, 11) is -2.24. The van der Waals surface area contributed by atoms with Gasteiger partial charge in [-0.3, -0.25) is 9.59 Å². The Hall–Kier alpha value is -1.20. The number of amides is 2. The molecule has 1 spiro atoms. The molecule has 3 atom stereocenters. The molecule has 2 heterocycles. The zero-order chi connectivity index (χ0) is 23.4. The van der Waals surface area contributed by atoms with E-state index in [9.17, 15) is 27.2 Å². The number of hydrogen-bond donors (Lipinski definition) is 1. The second-order valence-electron chi connectivity index (χ2n) is 10.6. The number of carbonyl (C=O) groups is 2. The van der Waals surface area contributed by atoms with Crippen molar-refractivity contribution in [2.24, 2.45) is 0 Å². The number of piperazine rings is 1. The minimum Gasteiger partial charge on any atom is -0.415 e. The van der Waals surface area contributed by atoms with E-state index in [0.29, 0.717) is 12.8 Å². The first-order chi connectivity index (χ1) is 14.1. The topological polar surface area (TPSA) is 61.9 Å². The Balaban J connectivity index is 1.84. The Morgan fingerprint density at radius 3 is 2.26 bits per heavy atom. The highest BCUT2D eigenvalue weighted by molar-refractivity contribution is 6.74. The van der Waals surface area contributed by atoms with Crippen molar-refractivity contribution >= 4 is 20.1 Å². The summed E-state index contributed by atoms with van der Waals surface area (Å²) >= 11 is 0. The van der Waals surface area contributed by atoms with E-state index in [4.69, 9.17) is 4.43 Å². The molecular weight excluding hydrogens is 434 g/mol. The van der Waals surface area contributed by atoms with E-state index >= 15 is 0 Å². The molecule has 2 amide bonds. The van der Waals surface area contributed by atoms with Crippen LogP contribution in [0.5, 0.6) is 0 Å². The van der Waals surface area contributed by atoms with Crippen LogP contribution in [0.3, 0.4) is 0 Å². The highest BCUT2D eigenvalue weighted by atomic mass is 28.4.